The normalized spacial score (nSPS) is 10.8. The molecule has 1 aromatic carbocycles. The van der Waals surface area contributed by atoms with Gasteiger partial charge >= 0.3 is 0 Å². The molecule has 2 aromatic rings. The number of fused-ring (bicyclic) bond motifs is 1. The minimum Gasteiger partial charge on any atom is -0.594 e. The lowest BCUT2D eigenvalue weighted by Gasteiger charge is -2.06. The van der Waals surface area contributed by atoms with E-state index in [1.807, 2.05) is 6.92 Å². The molecule has 0 saturated heterocycles. The molecule has 0 radical (unpaired) electrons. The van der Waals surface area contributed by atoms with E-state index in [0.717, 1.165) is 0 Å². The molecule has 0 spiro atoms. The lowest BCUT2D eigenvalue weighted by molar-refractivity contribution is -0.644. The van der Waals surface area contributed by atoms with Gasteiger partial charge in [-0.15, -0.1) is 0 Å². The Hall–Kier alpha value is -1.95. The molecule has 1 aromatic heterocycles. The minimum absolute atomic E-state index is 0.0815. The Morgan fingerprint density at radius 1 is 1.44 bits per heavy atom. The van der Waals surface area contributed by atoms with Gasteiger partial charge in [0.25, 0.3) is 5.52 Å². The van der Waals surface area contributed by atoms with Gasteiger partial charge < -0.3 is 15.1 Å². The average molecular weight is 249 g/mol. The summed E-state index contributed by atoms with van der Waals surface area (Å²) in [6, 6.07) is 5.10. The van der Waals surface area contributed by atoms with E-state index >= 15 is 0 Å². The second-order valence-electron chi connectivity index (χ2n) is 3.83. The van der Waals surface area contributed by atoms with Gasteiger partial charge in [-0.3, -0.25) is 0 Å². The predicted molar refractivity (Wildman–Crippen MR) is 65.1 cm³/mol. The number of nitrogens with zero attached hydrogens (tertiary/aromatic N) is 3. The van der Waals surface area contributed by atoms with Crippen LogP contribution in [0.1, 0.15) is 19.2 Å². The van der Waals surface area contributed by atoms with Gasteiger partial charge in [0.15, 0.2) is 5.82 Å². The van der Waals surface area contributed by atoms with E-state index in [2.05, 4.69) is 10.1 Å². The van der Waals surface area contributed by atoms with Crippen molar-refractivity contribution in [1.82, 2.24) is 10.1 Å². The molecule has 0 fully saturated rings. The van der Waals surface area contributed by atoms with Gasteiger partial charge in [-0.1, -0.05) is 6.92 Å². The first-order valence-electron chi connectivity index (χ1n) is 5.88. The zero-order chi connectivity index (χ0) is 13.0. The van der Waals surface area contributed by atoms with E-state index in [1.165, 1.54) is 0 Å². The van der Waals surface area contributed by atoms with Gasteiger partial charge in [0, 0.05) is 24.5 Å². The highest BCUT2D eigenvalue weighted by Gasteiger charge is 2.11. The van der Waals surface area contributed by atoms with E-state index in [-0.39, 0.29) is 6.61 Å². The number of aliphatic hydroxyl groups excluding tert-OH is 1. The highest BCUT2D eigenvalue weighted by molar-refractivity contribution is 5.72. The molecule has 6 heteroatoms. The highest BCUT2D eigenvalue weighted by atomic mass is 16.5. The number of hydrogen-bond donors (Lipinski definition) is 1. The van der Waals surface area contributed by atoms with Crippen LogP contribution in [0.15, 0.2) is 18.2 Å². The van der Waals surface area contributed by atoms with E-state index in [0.29, 0.717) is 46.9 Å². The molecule has 96 valence electrons. The zero-order valence-electron chi connectivity index (χ0n) is 10.2. The Morgan fingerprint density at radius 3 is 3.00 bits per heavy atom. The SMILES string of the molecule is CCc1nc2ccc(OCCCO)cc2[n+]([O-])n1. The lowest BCUT2D eigenvalue weighted by Crippen LogP contribution is -2.33. The molecule has 0 bridgehead atoms. The van der Waals surface area contributed by atoms with Crippen molar-refractivity contribution in [2.75, 3.05) is 13.2 Å². The van der Waals surface area contributed by atoms with Crippen LogP contribution >= 0.6 is 0 Å². The Labute approximate surface area is 104 Å². The monoisotopic (exact) mass is 249 g/mol. The second kappa shape index (κ2) is 5.59. The fraction of sp³-hybridized carbons (Fsp3) is 0.417. The molecule has 0 aliphatic heterocycles. The fourth-order valence-electron chi connectivity index (χ4n) is 1.57. The molecule has 0 saturated carbocycles. The van der Waals surface area contributed by atoms with Crippen molar-refractivity contribution < 1.29 is 14.7 Å². The molecule has 1 heterocycles. The van der Waals surface area contributed by atoms with Crippen LogP contribution in [0.2, 0.25) is 0 Å². The van der Waals surface area contributed by atoms with Gasteiger partial charge in [-0.05, 0) is 17.0 Å². The maximum Gasteiger partial charge on any atom is 0.274 e. The van der Waals surface area contributed by atoms with Crippen LogP contribution in [0.3, 0.4) is 0 Å². The van der Waals surface area contributed by atoms with Gasteiger partial charge in [-0.25, -0.2) is 4.98 Å². The second-order valence-corrected chi connectivity index (χ2v) is 3.83. The Kier molecular flexibility index (Phi) is 3.88. The predicted octanol–water partition coefficient (Wildman–Crippen LogP) is 0.587. The highest BCUT2D eigenvalue weighted by Crippen LogP contribution is 2.16. The summed E-state index contributed by atoms with van der Waals surface area (Å²) < 4.78 is 5.40. The Morgan fingerprint density at radius 2 is 2.28 bits per heavy atom. The first kappa shape index (κ1) is 12.5. The third-order valence-corrected chi connectivity index (χ3v) is 2.50. The Balaban J connectivity index is 2.30. The first-order chi connectivity index (χ1) is 8.74. The van der Waals surface area contributed by atoms with Crippen molar-refractivity contribution in [1.29, 1.82) is 0 Å². The smallest absolute Gasteiger partial charge is 0.274 e. The molecule has 0 unspecified atom stereocenters. The largest absolute Gasteiger partial charge is 0.594 e. The maximum atomic E-state index is 11.7. The van der Waals surface area contributed by atoms with Crippen LogP contribution in [0.4, 0.5) is 0 Å². The van der Waals surface area contributed by atoms with Crippen LogP contribution in [0.25, 0.3) is 11.0 Å². The zero-order valence-corrected chi connectivity index (χ0v) is 10.2. The average Bonchev–Trinajstić information content (AvgIpc) is 2.39. The molecule has 0 amide bonds. The third kappa shape index (κ3) is 2.65. The van der Waals surface area contributed by atoms with Crippen molar-refractivity contribution in [2.45, 2.75) is 19.8 Å². The number of benzene rings is 1. The van der Waals surface area contributed by atoms with E-state index < -0.39 is 0 Å². The summed E-state index contributed by atoms with van der Waals surface area (Å²) in [4.78, 5) is 4.83. The number of rotatable bonds is 5. The molecular weight excluding hydrogens is 234 g/mol. The van der Waals surface area contributed by atoms with Crippen LogP contribution < -0.4 is 9.58 Å². The first-order valence-corrected chi connectivity index (χ1v) is 5.88. The summed E-state index contributed by atoms with van der Waals surface area (Å²) in [6.07, 6.45) is 1.17. The lowest BCUT2D eigenvalue weighted by atomic mass is 10.3. The number of ether oxygens (including phenoxy) is 1. The van der Waals surface area contributed by atoms with E-state index in [4.69, 9.17) is 9.84 Å². The number of aromatic nitrogens is 3. The summed E-state index contributed by atoms with van der Waals surface area (Å²) in [5, 5.41) is 24.2. The number of hydrogen-bond acceptors (Lipinski definition) is 5. The van der Waals surface area contributed by atoms with Gasteiger partial charge in [-0.2, -0.15) is 0 Å². The van der Waals surface area contributed by atoms with Crippen molar-refractivity contribution in [3.8, 4) is 5.75 Å². The fourth-order valence-corrected chi connectivity index (χ4v) is 1.57. The molecule has 2 rings (SSSR count). The van der Waals surface area contributed by atoms with Crippen molar-refractivity contribution in [3.63, 3.8) is 0 Å². The van der Waals surface area contributed by atoms with E-state index in [1.54, 1.807) is 18.2 Å². The summed E-state index contributed by atoms with van der Waals surface area (Å²) >= 11 is 0. The van der Waals surface area contributed by atoms with Gasteiger partial charge in [0.2, 0.25) is 0 Å². The molecule has 0 atom stereocenters. The minimum atomic E-state index is 0.0815. The summed E-state index contributed by atoms with van der Waals surface area (Å²) in [7, 11) is 0. The Bertz CT molecular complexity index is 545. The van der Waals surface area contributed by atoms with Crippen molar-refractivity contribution in [3.05, 3.63) is 29.2 Å². The molecule has 1 N–H and O–H groups in total. The van der Waals surface area contributed by atoms with Crippen LogP contribution in [0, 0.1) is 5.21 Å². The standard InChI is InChI=1S/C12H15N3O3/c1-2-12-13-10-5-4-9(18-7-3-6-16)8-11(10)15(17)14-12/h4-5,8,16H,2-3,6-7H2,1H3. The van der Waals surface area contributed by atoms with Crippen LogP contribution in [0.5, 0.6) is 5.75 Å². The third-order valence-electron chi connectivity index (χ3n) is 2.50. The van der Waals surface area contributed by atoms with Crippen LogP contribution in [-0.2, 0) is 6.42 Å². The molecule has 0 aliphatic carbocycles. The topological polar surface area (TPSA) is 82.2 Å². The number of aliphatic hydroxyl groups is 1. The van der Waals surface area contributed by atoms with Gasteiger partial charge in [0.1, 0.15) is 11.3 Å². The quantitative estimate of drug-likeness (QED) is 0.476. The molecule has 18 heavy (non-hydrogen) atoms. The number of aryl methyl sites for hydroxylation is 1. The molecule has 6 nitrogen and oxygen atoms in total. The van der Waals surface area contributed by atoms with E-state index in [9.17, 15) is 5.21 Å². The maximum absolute atomic E-state index is 11.7. The summed E-state index contributed by atoms with van der Waals surface area (Å²) in [6.45, 7) is 2.39. The molecule has 0 aliphatic rings. The van der Waals surface area contributed by atoms with Gasteiger partial charge in [0.05, 0.1) is 12.7 Å². The van der Waals surface area contributed by atoms with Crippen molar-refractivity contribution >= 4 is 11.0 Å². The summed E-state index contributed by atoms with van der Waals surface area (Å²) in [5.74, 6) is 1.10. The summed E-state index contributed by atoms with van der Waals surface area (Å²) in [5.41, 5.74) is 0.986. The van der Waals surface area contributed by atoms with Crippen LogP contribution in [-0.4, -0.2) is 28.4 Å². The molecular formula is C12H15N3O3. The van der Waals surface area contributed by atoms with Crippen molar-refractivity contribution in [2.24, 2.45) is 0 Å².